The molecule has 0 saturated carbocycles. The second-order valence-electron chi connectivity index (χ2n) is 6.00. The molecule has 0 aliphatic heterocycles. The maximum absolute atomic E-state index is 12.3. The molecule has 0 bridgehead atoms. The predicted octanol–water partition coefficient (Wildman–Crippen LogP) is 4.21. The van der Waals surface area contributed by atoms with Gasteiger partial charge in [0.25, 0.3) is 5.91 Å². The van der Waals surface area contributed by atoms with Crippen LogP contribution < -0.4 is 5.32 Å². The van der Waals surface area contributed by atoms with E-state index >= 15 is 0 Å². The van der Waals surface area contributed by atoms with Crippen molar-refractivity contribution in [2.75, 3.05) is 0 Å². The maximum atomic E-state index is 12.3. The lowest BCUT2D eigenvalue weighted by Crippen LogP contribution is -2.22. The smallest absolute Gasteiger partial charge is 0.335 e. The number of amides is 1. The van der Waals surface area contributed by atoms with E-state index in [0.29, 0.717) is 16.6 Å². The van der Waals surface area contributed by atoms with Crippen LogP contribution in [0.25, 0.3) is 11.1 Å². The highest BCUT2D eigenvalue weighted by atomic mass is 35.5. The lowest BCUT2D eigenvalue weighted by molar-refractivity contribution is 0.0696. The van der Waals surface area contributed by atoms with E-state index in [2.05, 4.69) is 15.5 Å². The Labute approximate surface area is 170 Å². The van der Waals surface area contributed by atoms with E-state index in [0.717, 1.165) is 28.0 Å². The van der Waals surface area contributed by atoms with Crippen LogP contribution in [0.1, 0.15) is 41.9 Å². The van der Waals surface area contributed by atoms with Gasteiger partial charge in [-0.25, -0.2) is 4.79 Å². The molecule has 0 radical (unpaired) electrons. The van der Waals surface area contributed by atoms with Crippen molar-refractivity contribution < 1.29 is 14.7 Å². The number of carbonyl (C=O) groups is 2. The van der Waals surface area contributed by atoms with Gasteiger partial charge in [-0.05, 0) is 36.3 Å². The first kappa shape index (κ1) is 19.7. The van der Waals surface area contributed by atoms with Gasteiger partial charge in [-0.1, -0.05) is 64.9 Å². The largest absolute Gasteiger partial charge is 0.478 e. The van der Waals surface area contributed by atoms with Gasteiger partial charge in [0.15, 0.2) is 5.01 Å². The number of aromatic carboxylic acids is 1. The number of aromatic nitrogens is 2. The fourth-order valence-corrected chi connectivity index (χ4v) is 3.25. The molecular formula is C20H16ClN3O3S. The molecule has 28 heavy (non-hydrogen) atoms. The molecule has 1 aromatic heterocycles. The number of aryl methyl sites for hydroxylation is 1. The van der Waals surface area contributed by atoms with Crippen LogP contribution in [0, 0.1) is 6.92 Å². The van der Waals surface area contributed by atoms with Gasteiger partial charge in [-0.2, -0.15) is 0 Å². The standard InChI is InChI=1S/C20H16ClN3O3S/c1-12-2-4-14(5-3-12)11-22-17(25)19-24-23-18(28-19)16(21)10-13-6-8-15(9-7-13)20(26)27/h2-10H,11H2,1H3,(H,22,25)(H,26,27)/b16-10-. The van der Waals surface area contributed by atoms with E-state index in [1.807, 2.05) is 31.2 Å². The van der Waals surface area contributed by atoms with Crippen molar-refractivity contribution in [3.8, 4) is 0 Å². The fourth-order valence-electron chi connectivity index (χ4n) is 2.31. The molecule has 1 amide bonds. The van der Waals surface area contributed by atoms with E-state index in [1.54, 1.807) is 18.2 Å². The molecule has 0 unspecified atom stereocenters. The first-order chi connectivity index (χ1) is 13.4. The molecule has 0 aliphatic carbocycles. The second-order valence-corrected chi connectivity index (χ2v) is 7.38. The molecule has 0 spiro atoms. The van der Waals surface area contributed by atoms with Gasteiger partial charge in [0, 0.05) is 6.54 Å². The molecular weight excluding hydrogens is 398 g/mol. The van der Waals surface area contributed by atoms with Crippen molar-refractivity contribution in [2.24, 2.45) is 0 Å². The Hall–Kier alpha value is -3.03. The number of hydrogen-bond donors (Lipinski definition) is 2. The van der Waals surface area contributed by atoms with Crippen molar-refractivity contribution >= 4 is 45.9 Å². The molecule has 3 rings (SSSR count). The van der Waals surface area contributed by atoms with Crippen molar-refractivity contribution in [3.63, 3.8) is 0 Å². The van der Waals surface area contributed by atoms with Gasteiger partial charge in [0.05, 0.1) is 10.6 Å². The Balaban J connectivity index is 1.65. The number of nitrogens with zero attached hydrogens (tertiary/aromatic N) is 2. The molecule has 0 saturated heterocycles. The van der Waals surface area contributed by atoms with Crippen molar-refractivity contribution in [3.05, 3.63) is 80.8 Å². The van der Waals surface area contributed by atoms with E-state index < -0.39 is 5.97 Å². The third-order valence-corrected chi connectivity index (χ3v) is 5.20. The van der Waals surface area contributed by atoms with E-state index in [-0.39, 0.29) is 16.5 Å². The number of rotatable bonds is 6. The van der Waals surface area contributed by atoms with E-state index in [9.17, 15) is 9.59 Å². The van der Waals surface area contributed by atoms with Crippen molar-refractivity contribution in [1.29, 1.82) is 0 Å². The predicted molar refractivity (Wildman–Crippen MR) is 109 cm³/mol. The Morgan fingerprint density at radius 1 is 1.07 bits per heavy atom. The average Bonchev–Trinajstić information content (AvgIpc) is 3.18. The minimum Gasteiger partial charge on any atom is -0.478 e. The van der Waals surface area contributed by atoms with Crippen LogP contribution in [0.3, 0.4) is 0 Å². The molecule has 2 N–H and O–H groups in total. The van der Waals surface area contributed by atoms with Crippen molar-refractivity contribution in [1.82, 2.24) is 15.5 Å². The molecule has 1 heterocycles. The zero-order chi connectivity index (χ0) is 20.1. The van der Waals surface area contributed by atoms with Crippen LogP contribution in [0.5, 0.6) is 0 Å². The zero-order valence-electron chi connectivity index (χ0n) is 14.8. The molecule has 0 atom stereocenters. The summed E-state index contributed by atoms with van der Waals surface area (Å²) < 4.78 is 0. The highest BCUT2D eigenvalue weighted by Gasteiger charge is 2.14. The van der Waals surface area contributed by atoms with Crippen LogP contribution in [-0.4, -0.2) is 27.2 Å². The summed E-state index contributed by atoms with van der Waals surface area (Å²) in [4.78, 5) is 23.1. The quantitative estimate of drug-likeness (QED) is 0.631. The van der Waals surface area contributed by atoms with Gasteiger partial charge < -0.3 is 10.4 Å². The Kier molecular flexibility index (Phi) is 6.18. The number of benzene rings is 2. The van der Waals surface area contributed by atoms with Crippen LogP contribution in [0.4, 0.5) is 0 Å². The molecule has 8 heteroatoms. The summed E-state index contributed by atoms with van der Waals surface area (Å²) in [6.07, 6.45) is 1.64. The normalized spacial score (nSPS) is 11.3. The number of hydrogen-bond acceptors (Lipinski definition) is 5. The summed E-state index contributed by atoms with van der Waals surface area (Å²) in [6, 6.07) is 14.1. The summed E-state index contributed by atoms with van der Waals surface area (Å²) in [5.41, 5.74) is 3.06. The van der Waals surface area contributed by atoms with Gasteiger partial charge in [-0.3, -0.25) is 4.79 Å². The lowest BCUT2D eigenvalue weighted by Gasteiger charge is -2.03. The summed E-state index contributed by atoms with van der Waals surface area (Å²) in [6.45, 7) is 2.40. The zero-order valence-corrected chi connectivity index (χ0v) is 16.4. The van der Waals surface area contributed by atoms with Gasteiger partial charge in [0.1, 0.15) is 0 Å². The van der Waals surface area contributed by atoms with Crippen LogP contribution in [0.15, 0.2) is 48.5 Å². The SMILES string of the molecule is Cc1ccc(CNC(=O)c2nnc(/C(Cl)=C/c3ccc(C(=O)O)cc3)s2)cc1. The Morgan fingerprint density at radius 3 is 2.36 bits per heavy atom. The summed E-state index contributed by atoms with van der Waals surface area (Å²) in [5.74, 6) is -1.31. The fraction of sp³-hybridized carbons (Fsp3) is 0.100. The third kappa shape index (κ3) is 5.03. The number of nitrogens with one attached hydrogen (secondary N) is 1. The molecule has 6 nitrogen and oxygen atoms in total. The highest BCUT2D eigenvalue weighted by Crippen LogP contribution is 2.25. The molecule has 142 valence electrons. The summed E-state index contributed by atoms with van der Waals surface area (Å²) in [5, 5.41) is 20.5. The minimum absolute atomic E-state index is 0.191. The van der Waals surface area contributed by atoms with Gasteiger partial charge in [-0.15, -0.1) is 10.2 Å². The second kappa shape index (κ2) is 8.77. The molecule has 0 fully saturated rings. The van der Waals surface area contributed by atoms with Gasteiger partial charge >= 0.3 is 5.97 Å². The average molecular weight is 414 g/mol. The lowest BCUT2D eigenvalue weighted by atomic mass is 10.1. The first-order valence-corrected chi connectivity index (χ1v) is 9.50. The third-order valence-electron chi connectivity index (χ3n) is 3.85. The highest BCUT2D eigenvalue weighted by molar-refractivity contribution is 7.15. The number of carboxylic acid groups (broad SMARTS) is 1. The number of halogens is 1. The molecule has 3 aromatic rings. The van der Waals surface area contributed by atoms with Crippen LogP contribution in [0.2, 0.25) is 0 Å². The first-order valence-electron chi connectivity index (χ1n) is 8.30. The monoisotopic (exact) mass is 413 g/mol. The molecule has 0 aliphatic rings. The van der Waals surface area contributed by atoms with E-state index in [4.69, 9.17) is 16.7 Å². The van der Waals surface area contributed by atoms with E-state index in [1.165, 1.54) is 12.1 Å². The van der Waals surface area contributed by atoms with Crippen molar-refractivity contribution in [2.45, 2.75) is 13.5 Å². The Bertz CT molecular complexity index is 1030. The van der Waals surface area contributed by atoms with Crippen LogP contribution in [-0.2, 0) is 6.54 Å². The van der Waals surface area contributed by atoms with Crippen LogP contribution >= 0.6 is 22.9 Å². The topological polar surface area (TPSA) is 92.2 Å². The number of carbonyl (C=O) groups excluding carboxylic acids is 1. The minimum atomic E-state index is -0.993. The maximum Gasteiger partial charge on any atom is 0.335 e. The molecule has 2 aromatic carbocycles. The summed E-state index contributed by atoms with van der Waals surface area (Å²) in [7, 11) is 0. The van der Waals surface area contributed by atoms with Gasteiger partial charge in [0.2, 0.25) is 5.01 Å². The summed E-state index contributed by atoms with van der Waals surface area (Å²) >= 11 is 7.36. The Morgan fingerprint density at radius 2 is 1.71 bits per heavy atom. The number of carboxylic acids is 1.